The summed E-state index contributed by atoms with van der Waals surface area (Å²) >= 11 is 0. The molecule has 0 N–H and O–H groups in total. The van der Waals surface area contributed by atoms with Gasteiger partial charge in [-0.3, -0.25) is 24.0 Å². The topological polar surface area (TPSA) is 144 Å². The maximum atomic E-state index is 13.8. The van der Waals surface area contributed by atoms with Gasteiger partial charge in [-0.1, -0.05) is 24.3 Å². The van der Waals surface area contributed by atoms with E-state index >= 15 is 0 Å². The lowest BCUT2D eigenvalue weighted by Gasteiger charge is -2.47. The highest BCUT2D eigenvalue weighted by Crippen LogP contribution is 2.45. The monoisotopic (exact) mass is 723 g/mol. The predicted octanol–water partition coefficient (Wildman–Crippen LogP) is 4.81. The number of halogens is 2. The summed E-state index contributed by atoms with van der Waals surface area (Å²) in [5.74, 6) is -3.78. The standard InChI is InChI=1S/C38H39F2NO11/c1-21(42)48-20-33-36(50-23(3)44)37(51-24(4)45)35(49-22(2)43)32(52-33)19-25-5-7-26(8-6-25)34-31(17-18-47-30-15-11-28(40)12-16-30)38(46)41(34)29-13-9-27(39)10-14-29/h5-16,31-37H,17-20H2,1-4H3/t31-,32+,33-,34-,35+,36-,37-/m1/s1. The van der Waals surface area contributed by atoms with E-state index in [1.54, 1.807) is 17.0 Å². The molecule has 0 spiro atoms. The number of nitrogens with zero attached hydrogens (tertiary/aromatic N) is 1. The Bertz CT molecular complexity index is 1750. The van der Waals surface area contributed by atoms with E-state index in [9.17, 15) is 32.8 Å². The van der Waals surface area contributed by atoms with Crippen LogP contribution in [0.1, 0.15) is 51.3 Å². The number of esters is 4. The molecule has 3 aromatic rings. The molecule has 5 rings (SSSR count). The second kappa shape index (κ2) is 16.8. The quantitative estimate of drug-likeness (QED) is 0.136. The highest BCUT2D eigenvalue weighted by Gasteiger charge is 2.52. The Morgan fingerprint density at radius 2 is 1.23 bits per heavy atom. The molecule has 0 bridgehead atoms. The van der Waals surface area contributed by atoms with Gasteiger partial charge in [0.15, 0.2) is 18.3 Å². The number of rotatable bonds is 13. The summed E-state index contributed by atoms with van der Waals surface area (Å²) in [5, 5.41) is 0. The minimum Gasteiger partial charge on any atom is -0.494 e. The Kier molecular flexibility index (Phi) is 12.2. The summed E-state index contributed by atoms with van der Waals surface area (Å²) in [6.07, 6.45) is -5.29. The molecule has 0 aliphatic carbocycles. The summed E-state index contributed by atoms with van der Waals surface area (Å²) < 4.78 is 60.9. The van der Waals surface area contributed by atoms with Gasteiger partial charge in [0.1, 0.15) is 36.2 Å². The lowest BCUT2D eigenvalue weighted by molar-refractivity contribution is -0.252. The SMILES string of the molecule is CC(=O)OC[C@H]1O[C@@H](Cc2ccc([C@@H]3[C@@H](CCOc4ccc(F)cc4)C(=O)N3c3ccc(F)cc3)cc2)[C@H](OC(C)=O)[C@@H](OC(C)=O)[C@@H]1OC(C)=O. The zero-order chi connectivity index (χ0) is 37.5. The summed E-state index contributed by atoms with van der Waals surface area (Å²) in [5.41, 5.74) is 2.01. The fourth-order valence-electron chi connectivity index (χ4n) is 6.50. The number of anilines is 1. The lowest BCUT2D eigenvalue weighted by atomic mass is 9.79. The van der Waals surface area contributed by atoms with E-state index in [0.717, 1.165) is 19.4 Å². The van der Waals surface area contributed by atoms with Gasteiger partial charge in [-0.15, -0.1) is 0 Å². The predicted molar refractivity (Wildman–Crippen MR) is 179 cm³/mol. The van der Waals surface area contributed by atoms with Crippen LogP contribution in [-0.4, -0.2) is 73.5 Å². The van der Waals surface area contributed by atoms with Crippen molar-refractivity contribution in [3.05, 3.63) is 95.6 Å². The normalized spacial score (nSPS) is 23.9. The number of β-lactam (4-membered cyclic amide) rings is 1. The van der Waals surface area contributed by atoms with Crippen LogP contribution in [0.2, 0.25) is 0 Å². The van der Waals surface area contributed by atoms with Crippen molar-refractivity contribution in [3.8, 4) is 5.75 Å². The molecule has 2 fully saturated rings. The van der Waals surface area contributed by atoms with Crippen molar-refractivity contribution in [1.82, 2.24) is 0 Å². The Balaban J connectivity index is 1.39. The van der Waals surface area contributed by atoms with Crippen LogP contribution in [-0.2, 0) is 54.1 Å². The van der Waals surface area contributed by atoms with Crippen LogP contribution in [0.3, 0.4) is 0 Å². The third-order valence-corrected chi connectivity index (χ3v) is 8.68. The molecule has 2 heterocycles. The van der Waals surface area contributed by atoms with Crippen LogP contribution in [0, 0.1) is 17.6 Å². The molecule has 276 valence electrons. The first-order valence-electron chi connectivity index (χ1n) is 16.7. The van der Waals surface area contributed by atoms with Gasteiger partial charge in [0.2, 0.25) is 5.91 Å². The number of ether oxygens (including phenoxy) is 6. The zero-order valence-corrected chi connectivity index (χ0v) is 29.0. The maximum absolute atomic E-state index is 13.8. The Morgan fingerprint density at radius 3 is 1.79 bits per heavy atom. The minimum absolute atomic E-state index is 0.125. The Morgan fingerprint density at radius 1 is 0.692 bits per heavy atom. The number of carbonyl (C=O) groups excluding carboxylic acids is 5. The maximum Gasteiger partial charge on any atom is 0.303 e. The van der Waals surface area contributed by atoms with E-state index < -0.39 is 78.0 Å². The first-order chi connectivity index (χ1) is 24.8. The van der Waals surface area contributed by atoms with Gasteiger partial charge >= 0.3 is 23.9 Å². The van der Waals surface area contributed by atoms with Crippen molar-refractivity contribution in [3.63, 3.8) is 0 Å². The van der Waals surface area contributed by atoms with Crippen LogP contribution < -0.4 is 9.64 Å². The molecule has 3 aromatic carbocycles. The molecule has 7 atom stereocenters. The van der Waals surface area contributed by atoms with Crippen molar-refractivity contribution in [2.45, 2.75) is 77.1 Å². The second-order valence-electron chi connectivity index (χ2n) is 12.5. The second-order valence-corrected chi connectivity index (χ2v) is 12.5. The summed E-state index contributed by atoms with van der Waals surface area (Å²) in [4.78, 5) is 63.2. The first-order valence-corrected chi connectivity index (χ1v) is 16.7. The number of benzene rings is 3. The van der Waals surface area contributed by atoms with Crippen LogP contribution in [0.25, 0.3) is 0 Å². The fourth-order valence-corrected chi connectivity index (χ4v) is 6.50. The third kappa shape index (κ3) is 9.29. The number of hydrogen-bond donors (Lipinski definition) is 0. The van der Waals surface area contributed by atoms with Gasteiger partial charge in [-0.2, -0.15) is 0 Å². The fraction of sp³-hybridized carbons (Fsp3) is 0.395. The number of carbonyl (C=O) groups is 5. The highest BCUT2D eigenvalue weighted by molar-refractivity contribution is 6.03. The minimum atomic E-state index is -1.29. The van der Waals surface area contributed by atoms with Crippen LogP contribution in [0.15, 0.2) is 72.8 Å². The molecule has 52 heavy (non-hydrogen) atoms. The molecular formula is C38H39F2NO11. The number of amides is 1. The molecule has 0 aromatic heterocycles. The van der Waals surface area contributed by atoms with Gasteiger partial charge in [-0.05, 0) is 66.1 Å². The van der Waals surface area contributed by atoms with Gasteiger partial charge in [0.05, 0.1) is 18.6 Å². The lowest BCUT2D eigenvalue weighted by Crippen LogP contribution is -2.62. The van der Waals surface area contributed by atoms with E-state index in [-0.39, 0.29) is 25.5 Å². The summed E-state index contributed by atoms with van der Waals surface area (Å²) in [7, 11) is 0. The number of hydrogen-bond acceptors (Lipinski definition) is 11. The van der Waals surface area contributed by atoms with Crippen LogP contribution in [0.5, 0.6) is 5.75 Å². The van der Waals surface area contributed by atoms with Crippen molar-refractivity contribution in [2.75, 3.05) is 18.1 Å². The van der Waals surface area contributed by atoms with E-state index in [4.69, 9.17) is 28.4 Å². The highest BCUT2D eigenvalue weighted by atomic mass is 19.1. The summed E-state index contributed by atoms with van der Waals surface area (Å²) in [6.45, 7) is 4.53. The van der Waals surface area contributed by atoms with Crippen LogP contribution >= 0.6 is 0 Å². The van der Waals surface area contributed by atoms with E-state index in [1.807, 2.05) is 12.1 Å². The molecule has 0 saturated carbocycles. The van der Waals surface area contributed by atoms with E-state index in [0.29, 0.717) is 23.4 Å². The van der Waals surface area contributed by atoms with Crippen molar-refractivity contribution in [1.29, 1.82) is 0 Å². The van der Waals surface area contributed by atoms with Gasteiger partial charge in [0, 0.05) is 39.8 Å². The molecule has 1 amide bonds. The van der Waals surface area contributed by atoms with Crippen LogP contribution in [0.4, 0.5) is 14.5 Å². The van der Waals surface area contributed by atoms with Crippen molar-refractivity contribution in [2.24, 2.45) is 5.92 Å². The molecule has 2 aliphatic heterocycles. The van der Waals surface area contributed by atoms with E-state index in [2.05, 4.69) is 0 Å². The Labute approximate surface area is 298 Å². The van der Waals surface area contributed by atoms with E-state index in [1.165, 1.54) is 62.4 Å². The summed E-state index contributed by atoms with van der Waals surface area (Å²) in [6, 6.07) is 18.1. The van der Waals surface area contributed by atoms with Crippen molar-refractivity contribution >= 4 is 35.5 Å². The Hall–Kier alpha value is -5.37. The average Bonchev–Trinajstić information content (AvgIpc) is 3.08. The molecule has 2 saturated heterocycles. The molecule has 12 nitrogen and oxygen atoms in total. The largest absolute Gasteiger partial charge is 0.494 e. The zero-order valence-electron chi connectivity index (χ0n) is 29.0. The molecule has 14 heteroatoms. The van der Waals surface area contributed by atoms with Gasteiger partial charge < -0.3 is 33.3 Å². The first kappa shape index (κ1) is 37.9. The van der Waals surface area contributed by atoms with Crippen molar-refractivity contribution < 1.29 is 61.2 Å². The third-order valence-electron chi connectivity index (χ3n) is 8.68. The smallest absolute Gasteiger partial charge is 0.303 e. The van der Waals surface area contributed by atoms with Gasteiger partial charge in [0.25, 0.3) is 0 Å². The molecular weight excluding hydrogens is 684 g/mol. The van der Waals surface area contributed by atoms with Gasteiger partial charge in [-0.25, -0.2) is 8.78 Å². The molecule has 0 radical (unpaired) electrons. The average molecular weight is 724 g/mol. The molecule has 0 unspecified atom stereocenters. The molecule has 2 aliphatic rings.